The van der Waals surface area contributed by atoms with Crippen LogP contribution in [-0.4, -0.2) is 26.0 Å². The van der Waals surface area contributed by atoms with Gasteiger partial charge >= 0.3 is 0 Å². The highest BCUT2D eigenvalue weighted by atomic mass is 35.5. The van der Waals surface area contributed by atoms with Crippen LogP contribution in [0.1, 0.15) is 32.4 Å². The summed E-state index contributed by atoms with van der Waals surface area (Å²) in [6.45, 7) is 5.26. The molecule has 2 N–H and O–H groups in total. The first-order valence-corrected chi connectivity index (χ1v) is 8.22. The van der Waals surface area contributed by atoms with Crippen LogP contribution in [0.4, 0.5) is 0 Å². The van der Waals surface area contributed by atoms with E-state index in [9.17, 15) is 8.42 Å². The average molecular weight is 306 g/mol. The molecule has 0 spiro atoms. The van der Waals surface area contributed by atoms with Gasteiger partial charge in [-0.2, -0.15) is 0 Å². The van der Waals surface area contributed by atoms with Gasteiger partial charge in [-0.3, -0.25) is 0 Å². The van der Waals surface area contributed by atoms with Crippen molar-refractivity contribution in [2.75, 3.05) is 12.4 Å². The molecule has 4 nitrogen and oxygen atoms in total. The topological polar surface area (TPSA) is 69.4 Å². The quantitative estimate of drug-likeness (QED) is 0.877. The molecule has 0 aliphatic rings. The molecule has 0 unspecified atom stereocenters. The summed E-state index contributed by atoms with van der Waals surface area (Å²) >= 11 is 6.06. The third-order valence-corrected chi connectivity index (χ3v) is 5.29. The van der Waals surface area contributed by atoms with E-state index in [1.807, 2.05) is 13.0 Å². The molecule has 1 aromatic rings. The van der Waals surface area contributed by atoms with Crippen molar-refractivity contribution in [1.29, 1.82) is 0 Å². The molecule has 0 aliphatic carbocycles. The third-order valence-electron chi connectivity index (χ3n) is 2.83. The van der Waals surface area contributed by atoms with Crippen LogP contribution >= 0.6 is 11.6 Å². The molecule has 0 saturated carbocycles. The van der Waals surface area contributed by atoms with E-state index in [0.717, 1.165) is 5.56 Å². The second-order valence-corrected chi connectivity index (χ2v) is 7.83. The van der Waals surface area contributed by atoms with Crippen LogP contribution in [0.3, 0.4) is 0 Å². The Kier molecular flexibility index (Phi) is 5.64. The van der Waals surface area contributed by atoms with Crippen LogP contribution < -0.4 is 10.5 Å². The number of rotatable bonds is 6. The minimum absolute atomic E-state index is 0.0178. The van der Waals surface area contributed by atoms with Crippen LogP contribution in [0.2, 0.25) is 5.02 Å². The van der Waals surface area contributed by atoms with Crippen molar-refractivity contribution in [2.24, 2.45) is 5.73 Å². The van der Waals surface area contributed by atoms with E-state index in [0.29, 0.717) is 10.8 Å². The summed E-state index contributed by atoms with van der Waals surface area (Å²) < 4.78 is 28.6. The predicted octanol–water partition coefficient (Wildman–Crippen LogP) is 2.56. The Bertz CT molecular complexity index is 527. The summed E-state index contributed by atoms with van der Waals surface area (Å²) in [5.41, 5.74) is 6.65. The number of benzene rings is 1. The van der Waals surface area contributed by atoms with Crippen LogP contribution in [-0.2, 0) is 9.84 Å². The highest BCUT2D eigenvalue weighted by Gasteiger charge is 2.16. The lowest BCUT2D eigenvalue weighted by Crippen LogP contribution is -2.22. The molecule has 0 aromatic heterocycles. The lowest BCUT2D eigenvalue weighted by atomic mass is 10.1. The predicted molar refractivity (Wildman–Crippen MR) is 78.5 cm³/mol. The molecule has 0 heterocycles. The largest absolute Gasteiger partial charge is 0.491 e. The highest BCUT2D eigenvalue weighted by molar-refractivity contribution is 7.91. The minimum Gasteiger partial charge on any atom is -0.491 e. The average Bonchev–Trinajstić information content (AvgIpc) is 2.30. The van der Waals surface area contributed by atoms with E-state index in [2.05, 4.69) is 0 Å². The zero-order chi connectivity index (χ0) is 14.6. The van der Waals surface area contributed by atoms with Gasteiger partial charge in [0.1, 0.15) is 12.4 Å². The third kappa shape index (κ3) is 4.67. The fourth-order valence-corrected chi connectivity index (χ4v) is 2.45. The van der Waals surface area contributed by atoms with E-state index in [4.69, 9.17) is 22.1 Å². The molecule has 6 heteroatoms. The summed E-state index contributed by atoms with van der Waals surface area (Å²) in [5.74, 6) is 0.459. The van der Waals surface area contributed by atoms with Gasteiger partial charge in [0.15, 0.2) is 9.84 Å². The molecule has 0 bridgehead atoms. The maximum atomic E-state index is 11.6. The first-order chi connectivity index (χ1) is 8.74. The van der Waals surface area contributed by atoms with E-state index < -0.39 is 15.1 Å². The zero-order valence-corrected chi connectivity index (χ0v) is 13.0. The second kappa shape index (κ2) is 6.59. The highest BCUT2D eigenvalue weighted by Crippen LogP contribution is 2.27. The smallest absolute Gasteiger partial charge is 0.155 e. The Labute approximate surface area is 119 Å². The fraction of sp³-hybridized carbons (Fsp3) is 0.538. The van der Waals surface area contributed by atoms with Crippen LogP contribution in [0, 0.1) is 0 Å². The number of ether oxygens (including phenoxy) is 1. The van der Waals surface area contributed by atoms with Crippen molar-refractivity contribution >= 4 is 21.4 Å². The van der Waals surface area contributed by atoms with Crippen molar-refractivity contribution < 1.29 is 13.2 Å². The summed E-state index contributed by atoms with van der Waals surface area (Å²) in [4.78, 5) is 0. The van der Waals surface area contributed by atoms with Gasteiger partial charge in [0.2, 0.25) is 0 Å². The maximum Gasteiger partial charge on any atom is 0.155 e. The first kappa shape index (κ1) is 16.3. The zero-order valence-electron chi connectivity index (χ0n) is 11.4. The van der Waals surface area contributed by atoms with Crippen LogP contribution in [0.5, 0.6) is 5.75 Å². The molecule has 108 valence electrons. The SMILES string of the molecule is CC(C)S(=O)(=O)CCOc1ccc([C@@H](C)N)cc1Cl. The molecule has 19 heavy (non-hydrogen) atoms. The van der Waals surface area contributed by atoms with Crippen molar-refractivity contribution in [3.05, 3.63) is 28.8 Å². The van der Waals surface area contributed by atoms with Crippen molar-refractivity contribution in [1.82, 2.24) is 0 Å². The van der Waals surface area contributed by atoms with E-state index in [1.165, 1.54) is 0 Å². The molecule has 0 aliphatic heterocycles. The molecule has 1 atom stereocenters. The number of hydrogen-bond donors (Lipinski definition) is 1. The molecular formula is C13H20ClNO3S. The Balaban J connectivity index is 2.65. The summed E-state index contributed by atoms with van der Waals surface area (Å²) in [6.07, 6.45) is 0. The van der Waals surface area contributed by atoms with Gasteiger partial charge in [-0.1, -0.05) is 17.7 Å². The Hall–Kier alpha value is -0.780. The number of halogens is 1. The van der Waals surface area contributed by atoms with Gasteiger partial charge in [-0.25, -0.2) is 8.42 Å². The number of nitrogens with two attached hydrogens (primary N) is 1. The lowest BCUT2D eigenvalue weighted by molar-refractivity contribution is 0.340. The number of sulfone groups is 1. The lowest BCUT2D eigenvalue weighted by Gasteiger charge is -2.12. The van der Waals surface area contributed by atoms with Crippen LogP contribution in [0.25, 0.3) is 0 Å². The maximum absolute atomic E-state index is 11.6. The standard InChI is InChI=1S/C13H20ClNO3S/c1-9(2)19(16,17)7-6-18-13-5-4-11(10(3)15)8-12(13)14/h4-5,8-10H,6-7,15H2,1-3H3/t10-/m1/s1. The van der Waals surface area contributed by atoms with Gasteiger partial charge in [0.25, 0.3) is 0 Å². The van der Waals surface area contributed by atoms with Crippen LogP contribution in [0.15, 0.2) is 18.2 Å². The normalized spacial score (nSPS) is 13.6. The molecule has 1 aromatic carbocycles. The Morgan fingerprint density at radius 3 is 2.42 bits per heavy atom. The van der Waals surface area contributed by atoms with Crippen molar-refractivity contribution in [3.8, 4) is 5.75 Å². The van der Waals surface area contributed by atoms with Gasteiger partial charge in [0, 0.05) is 6.04 Å². The molecule has 0 fully saturated rings. The van der Waals surface area contributed by atoms with E-state index in [1.54, 1.807) is 26.0 Å². The van der Waals surface area contributed by atoms with E-state index in [-0.39, 0.29) is 18.4 Å². The molecule has 0 saturated heterocycles. The molecular weight excluding hydrogens is 286 g/mol. The Morgan fingerprint density at radius 1 is 1.32 bits per heavy atom. The number of hydrogen-bond acceptors (Lipinski definition) is 4. The molecule has 1 rings (SSSR count). The fourth-order valence-electron chi connectivity index (χ4n) is 1.42. The minimum atomic E-state index is -3.09. The van der Waals surface area contributed by atoms with Gasteiger partial charge in [0.05, 0.1) is 16.0 Å². The monoisotopic (exact) mass is 305 g/mol. The van der Waals surface area contributed by atoms with Crippen molar-refractivity contribution in [2.45, 2.75) is 32.1 Å². The molecule has 0 amide bonds. The first-order valence-electron chi connectivity index (χ1n) is 6.13. The van der Waals surface area contributed by atoms with E-state index >= 15 is 0 Å². The van der Waals surface area contributed by atoms with Crippen molar-refractivity contribution in [3.63, 3.8) is 0 Å². The van der Waals surface area contributed by atoms with Gasteiger partial charge in [-0.05, 0) is 38.5 Å². The Morgan fingerprint density at radius 2 is 1.95 bits per heavy atom. The van der Waals surface area contributed by atoms with Gasteiger partial charge < -0.3 is 10.5 Å². The summed E-state index contributed by atoms with van der Waals surface area (Å²) in [5, 5.41) is 0.0452. The van der Waals surface area contributed by atoms with Gasteiger partial charge in [-0.15, -0.1) is 0 Å². The summed E-state index contributed by atoms with van der Waals surface area (Å²) in [6, 6.07) is 5.16. The second-order valence-electron chi connectivity index (χ2n) is 4.74. The summed E-state index contributed by atoms with van der Waals surface area (Å²) in [7, 11) is -3.09. The molecule has 0 radical (unpaired) electrons.